The minimum absolute atomic E-state index is 0.0392. The molecule has 1 N–H and O–H groups in total. The highest BCUT2D eigenvalue weighted by atomic mass is 16.2. The number of carbonyl (C=O) groups is 2. The molecule has 130 valence electrons. The van der Waals surface area contributed by atoms with Crippen LogP contribution in [0.15, 0.2) is 54.9 Å². The van der Waals surface area contributed by atoms with E-state index in [1.807, 2.05) is 23.1 Å². The molecule has 3 rings (SSSR count). The quantitative estimate of drug-likeness (QED) is 0.911. The summed E-state index contributed by atoms with van der Waals surface area (Å²) < 4.78 is 0. The Labute approximate surface area is 148 Å². The van der Waals surface area contributed by atoms with Crippen LogP contribution in [0.2, 0.25) is 0 Å². The van der Waals surface area contributed by atoms with Crippen molar-refractivity contribution in [1.82, 2.24) is 15.2 Å². The molecule has 1 aromatic heterocycles. The van der Waals surface area contributed by atoms with E-state index >= 15 is 0 Å². The molecule has 0 radical (unpaired) electrons. The van der Waals surface area contributed by atoms with Crippen molar-refractivity contribution in [3.63, 3.8) is 0 Å². The van der Waals surface area contributed by atoms with Crippen molar-refractivity contribution in [2.75, 3.05) is 19.6 Å². The van der Waals surface area contributed by atoms with Gasteiger partial charge in [-0.25, -0.2) is 0 Å². The van der Waals surface area contributed by atoms with E-state index in [0.717, 1.165) is 6.42 Å². The molecule has 1 unspecified atom stereocenters. The molecule has 5 heteroatoms. The van der Waals surface area contributed by atoms with Crippen LogP contribution in [-0.2, 0) is 10.2 Å². The van der Waals surface area contributed by atoms with Gasteiger partial charge in [0.1, 0.15) is 0 Å². The third-order valence-electron chi connectivity index (χ3n) is 4.84. The average Bonchev–Trinajstić information content (AvgIpc) is 2.66. The van der Waals surface area contributed by atoms with Crippen LogP contribution in [0.3, 0.4) is 0 Å². The van der Waals surface area contributed by atoms with Gasteiger partial charge in [-0.2, -0.15) is 0 Å². The number of benzene rings is 1. The van der Waals surface area contributed by atoms with Gasteiger partial charge in [-0.1, -0.05) is 37.3 Å². The third-order valence-corrected chi connectivity index (χ3v) is 4.84. The summed E-state index contributed by atoms with van der Waals surface area (Å²) in [6.45, 7) is 3.84. The highest BCUT2D eigenvalue weighted by molar-refractivity contribution is 5.93. The van der Waals surface area contributed by atoms with Crippen LogP contribution in [0.1, 0.15) is 35.7 Å². The second kappa shape index (κ2) is 7.47. The molecule has 1 fully saturated rings. The van der Waals surface area contributed by atoms with Gasteiger partial charge in [0.15, 0.2) is 0 Å². The lowest BCUT2D eigenvalue weighted by molar-refractivity contribution is -0.135. The number of pyridine rings is 1. The summed E-state index contributed by atoms with van der Waals surface area (Å²) in [4.78, 5) is 30.1. The van der Waals surface area contributed by atoms with E-state index in [1.54, 1.807) is 18.3 Å². The smallest absolute Gasteiger partial charge is 0.252 e. The van der Waals surface area contributed by atoms with Gasteiger partial charge < -0.3 is 10.2 Å². The first kappa shape index (κ1) is 17.1. The summed E-state index contributed by atoms with van der Waals surface area (Å²) in [5, 5.41) is 2.86. The number of carbonyl (C=O) groups excluding carboxylic acids is 2. The van der Waals surface area contributed by atoms with Crippen molar-refractivity contribution in [3.05, 3.63) is 66.0 Å². The molecule has 0 saturated carbocycles. The van der Waals surface area contributed by atoms with Gasteiger partial charge in [0, 0.05) is 43.9 Å². The van der Waals surface area contributed by atoms with Crippen molar-refractivity contribution in [1.29, 1.82) is 0 Å². The molecule has 5 nitrogen and oxygen atoms in total. The molecule has 1 aliphatic rings. The molecule has 1 atom stereocenters. The van der Waals surface area contributed by atoms with Crippen molar-refractivity contribution < 1.29 is 9.59 Å². The van der Waals surface area contributed by atoms with E-state index in [2.05, 4.69) is 29.4 Å². The number of hydrogen-bond acceptors (Lipinski definition) is 3. The maximum atomic E-state index is 12.3. The SMILES string of the molecule is CC1(c2ccccc2)CCC(=O)N(CCNC(=O)c2cccnc2)C1. The molecule has 2 amide bonds. The van der Waals surface area contributed by atoms with Crippen LogP contribution in [0, 0.1) is 0 Å². The second-order valence-corrected chi connectivity index (χ2v) is 6.74. The lowest BCUT2D eigenvalue weighted by atomic mass is 9.76. The number of likely N-dealkylation sites (tertiary alicyclic amines) is 1. The molecule has 1 aliphatic heterocycles. The topological polar surface area (TPSA) is 62.3 Å². The van der Waals surface area contributed by atoms with Gasteiger partial charge in [0.2, 0.25) is 5.91 Å². The fraction of sp³-hybridized carbons (Fsp3) is 0.350. The summed E-state index contributed by atoms with van der Waals surface area (Å²) in [6, 6.07) is 13.8. The Bertz CT molecular complexity index is 733. The fourth-order valence-corrected chi connectivity index (χ4v) is 3.31. The summed E-state index contributed by atoms with van der Waals surface area (Å²) >= 11 is 0. The molecule has 2 heterocycles. The van der Waals surface area contributed by atoms with Gasteiger partial charge in [-0.15, -0.1) is 0 Å². The van der Waals surface area contributed by atoms with Crippen molar-refractivity contribution in [2.45, 2.75) is 25.2 Å². The number of rotatable bonds is 5. The zero-order valence-electron chi connectivity index (χ0n) is 14.4. The van der Waals surface area contributed by atoms with Crippen LogP contribution < -0.4 is 5.32 Å². The van der Waals surface area contributed by atoms with E-state index in [1.165, 1.54) is 11.8 Å². The first-order chi connectivity index (χ1) is 12.1. The Hall–Kier alpha value is -2.69. The highest BCUT2D eigenvalue weighted by Gasteiger charge is 2.35. The van der Waals surface area contributed by atoms with Crippen LogP contribution in [0.4, 0.5) is 0 Å². The number of piperidine rings is 1. The predicted octanol–water partition coefficient (Wildman–Crippen LogP) is 2.39. The standard InChI is InChI=1S/C20H23N3O2/c1-20(17-7-3-2-4-8-17)10-9-18(24)23(15-20)13-12-22-19(25)16-6-5-11-21-14-16/h2-8,11,14H,9-10,12-13,15H2,1H3,(H,22,25). The maximum absolute atomic E-state index is 12.3. The van der Waals surface area contributed by atoms with E-state index in [9.17, 15) is 9.59 Å². The van der Waals surface area contributed by atoms with E-state index < -0.39 is 0 Å². The first-order valence-corrected chi connectivity index (χ1v) is 8.60. The Morgan fingerprint density at radius 3 is 2.76 bits per heavy atom. The summed E-state index contributed by atoms with van der Waals surface area (Å²) in [6.07, 6.45) is 4.57. The third kappa shape index (κ3) is 4.05. The van der Waals surface area contributed by atoms with Gasteiger partial charge in [0.25, 0.3) is 5.91 Å². The molecule has 2 aromatic rings. The normalized spacial score (nSPS) is 20.4. The number of amides is 2. The molecular formula is C20H23N3O2. The minimum atomic E-state index is -0.164. The first-order valence-electron chi connectivity index (χ1n) is 8.60. The minimum Gasteiger partial charge on any atom is -0.350 e. The van der Waals surface area contributed by atoms with Crippen molar-refractivity contribution >= 4 is 11.8 Å². The van der Waals surface area contributed by atoms with Gasteiger partial charge >= 0.3 is 0 Å². The van der Waals surface area contributed by atoms with E-state index in [0.29, 0.717) is 31.6 Å². The largest absolute Gasteiger partial charge is 0.350 e. The summed E-state index contributed by atoms with van der Waals surface area (Å²) in [5.41, 5.74) is 1.75. The van der Waals surface area contributed by atoms with E-state index in [4.69, 9.17) is 0 Å². The fourth-order valence-electron chi connectivity index (χ4n) is 3.31. The lowest BCUT2D eigenvalue weighted by Gasteiger charge is -2.40. The monoisotopic (exact) mass is 337 g/mol. The molecular weight excluding hydrogens is 314 g/mol. The average molecular weight is 337 g/mol. The predicted molar refractivity (Wildman–Crippen MR) is 96.2 cm³/mol. The van der Waals surface area contributed by atoms with Gasteiger partial charge in [0.05, 0.1) is 5.56 Å². The van der Waals surface area contributed by atoms with Crippen LogP contribution in [-0.4, -0.2) is 41.3 Å². The Kier molecular flexibility index (Phi) is 5.12. The molecule has 25 heavy (non-hydrogen) atoms. The lowest BCUT2D eigenvalue weighted by Crippen LogP contribution is -2.49. The van der Waals surface area contributed by atoms with Crippen LogP contribution in [0.25, 0.3) is 0 Å². The van der Waals surface area contributed by atoms with Crippen LogP contribution >= 0.6 is 0 Å². The molecule has 0 aliphatic carbocycles. The maximum Gasteiger partial charge on any atom is 0.252 e. The molecule has 1 saturated heterocycles. The number of aromatic nitrogens is 1. The van der Waals surface area contributed by atoms with Gasteiger partial charge in [-0.05, 0) is 24.1 Å². The second-order valence-electron chi connectivity index (χ2n) is 6.74. The Morgan fingerprint density at radius 1 is 1.24 bits per heavy atom. The summed E-state index contributed by atoms with van der Waals surface area (Å²) in [7, 11) is 0. The highest BCUT2D eigenvalue weighted by Crippen LogP contribution is 2.33. The van der Waals surface area contributed by atoms with Crippen molar-refractivity contribution in [2.24, 2.45) is 0 Å². The Morgan fingerprint density at radius 2 is 2.04 bits per heavy atom. The molecule has 1 aromatic carbocycles. The van der Waals surface area contributed by atoms with E-state index in [-0.39, 0.29) is 17.2 Å². The van der Waals surface area contributed by atoms with Crippen LogP contribution in [0.5, 0.6) is 0 Å². The number of hydrogen-bond donors (Lipinski definition) is 1. The Balaban J connectivity index is 1.58. The molecule has 0 spiro atoms. The van der Waals surface area contributed by atoms with Gasteiger partial charge in [-0.3, -0.25) is 14.6 Å². The zero-order valence-corrected chi connectivity index (χ0v) is 14.4. The van der Waals surface area contributed by atoms with Crippen molar-refractivity contribution in [3.8, 4) is 0 Å². The number of nitrogens with one attached hydrogen (secondary N) is 1. The molecule has 0 bridgehead atoms. The summed E-state index contributed by atoms with van der Waals surface area (Å²) in [5.74, 6) is -0.00703. The zero-order chi connectivity index (χ0) is 17.7. The number of nitrogens with zero attached hydrogens (tertiary/aromatic N) is 2.